The summed E-state index contributed by atoms with van der Waals surface area (Å²) in [5, 5.41) is 37.2. The normalized spacial score (nSPS) is 53.6. The predicted octanol–water partition coefficient (Wildman–Crippen LogP) is -2.93. The Morgan fingerprint density at radius 3 is 2.35 bits per heavy atom. The highest BCUT2D eigenvalue weighted by molar-refractivity contribution is 5.87. The van der Waals surface area contributed by atoms with Crippen molar-refractivity contribution < 1.29 is 34.3 Å². The van der Waals surface area contributed by atoms with E-state index in [2.05, 4.69) is 10.6 Å². The lowest BCUT2D eigenvalue weighted by Gasteiger charge is -2.55. The first-order valence-electron chi connectivity index (χ1n) is 7.78. The summed E-state index contributed by atoms with van der Waals surface area (Å²) in [6.45, 7) is 1.70. The molecule has 23 heavy (non-hydrogen) atoms. The fraction of sp³-hybridized carbons (Fsp3) is 0.929. The van der Waals surface area contributed by atoms with Crippen molar-refractivity contribution in [2.75, 3.05) is 14.1 Å². The number of carbonyl (C=O) groups is 1. The van der Waals surface area contributed by atoms with Gasteiger partial charge in [0.1, 0.15) is 18.3 Å². The first-order valence-corrected chi connectivity index (χ1v) is 7.78. The molecule has 1 saturated carbocycles. The standard InChI is InChI=1S/C14H24N2O7/c1-5-4-6(17)14(20)13(21-5)22-12-10(19)7(15-2)9(18)8(16-3)11(12)23-14/h5,7-13,15-16,18-20H,4H2,1-3H3/t5-,7-,8+,9+,10+,11-,12-,13+,14+/m0/s1. The number of nitrogens with one attached hydrogen (secondary N) is 2. The first kappa shape index (κ1) is 17.2. The fourth-order valence-electron chi connectivity index (χ4n) is 3.68. The van der Waals surface area contributed by atoms with Crippen LogP contribution in [0.5, 0.6) is 0 Å². The number of likely N-dealkylation sites (N-methyl/N-ethyl adjacent to an activating group) is 2. The Morgan fingerprint density at radius 2 is 1.74 bits per heavy atom. The van der Waals surface area contributed by atoms with Crippen LogP contribution in [0.1, 0.15) is 13.3 Å². The summed E-state index contributed by atoms with van der Waals surface area (Å²) in [7, 11) is 3.24. The summed E-state index contributed by atoms with van der Waals surface area (Å²) in [4.78, 5) is 12.2. The van der Waals surface area contributed by atoms with E-state index in [0.717, 1.165) is 0 Å². The topological polar surface area (TPSA) is 130 Å². The summed E-state index contributed by atoms with van der Waals surface area (Å²) in [6.07, 6.45) is -5.58. The molecule has 1 aliphatic carbocycles. The van der Waals surface area contributed by atoms with Gasteiger partial charge in [0.05, 0.1) is 24.3 Å². The molecule has 2 heterocycles. The molecule has 0 aromatic rings. The number of aliphatic hydroxyl groups excluding tert-OH is 2. The van der Waals surface area contributed by atoms with E-state index in [1.165, 1.54) is 0 Å². The van der Waals surface area contributed by atoms with E-state index in [1.54, 1.807) is 21.0 Å². The lowest BCUT2D eigenvalue weighted by Crippen LogP contribution is -2.77. The number of rotatable bonds is 2. The van der Waals surface area contributed by atoms with Gasteiger partial charge in [0.25, 0.3) is 5.79 Å². The Balaban J connectivity index is 1.92. The van der Waals surface area contributed by atoms with Crippen LogP contribution in [0.3, 0.4) is 0 Å². The van der Waals surface area contributed by atoms with Gasteiger partial charge in [-0.2, -0.15) is 0 Å². The van der Waals surface area contributed by atoms with Crippen LogP contribution in [-0.2, 0) is 19.0 Å². The SMILES string of the molecule is CN[C@H]1[C@@H](O)[C@@H](NC)[C@@H]2O[C@]3(O)C(=O)C[C@H](C)O[C@@H]3O[C@H]2[C@@H]1O. The van der Waals surface area contributed by atoms with E-state index in [1.807, 2.05) is 0 Å². The number of hydrogen-bond donors (Lipinski definition) is 5. The largest absolute Gasteiger partial charge is 0.390 e. The van der Waals surface area contributed by atoms with Crippen molar-refractivity contribution in [1.82, 2.24) is 10.6 Å². The minimum absolute atomic E-state index is 0.00220. The van der Waals surface area contributed by atoms with Crippen molar-refractivity contribution >= 4 is 5.78 Å². The van der Waals surface area contributed by atoms with Crippen LogP contribution in [0.4, 0.5) is 0 Å². The average molecular weight is 332 g/mol. The lowest BCUT2D eigenvalue weighted by molar-refractivity contribution is -0.420. The van der Waals surface area contributed by atoms with Gasteiger partial charge in [-0.25, -0.2) is 0 Å². The average Bonchev–Trinajstić information content (AvgIpc) is 2.49. The third-order valence-corrected chi connectivity index (χ3v) is 4.93. The molecule has 0 radical (unpaired) electrons. The first-order chi connectivity index (χ1) is 10.8. The van der Waals surface area contributed by atoms with Gasteiger partial charge in [-0.1, -0.05) is 0 Å². The zero-order chi connectivity index (χ0) is 16.9. The maximum Gasteiger partial charge on any atom is 0.280 e. The Hall–Kier alpha value is -0.650. The van der Waals surface area contributed by atoms with Crippen LogP contribution < -0.4 is 10.6 Å². The Labute approximate surface area is 133 Å². The predicted molar refractivity (Wildman–Crippen MR) is 76.4 cm³/mol. The van der Waals surface area contributed by atoms with E-state index in [-0.39, 0.29) is 6.42 Å². The van der Waals surface area contributed by atoms with Gasteiger partial charge in [-0.15, -0.1) is 0 Å². The van der Waals surface area contributed by atoms with Crippen molar-refractivity contribution in [2.45, 2.75) is 68.0 Å². The smallest absolute Gasteiger partial charge is 0.280 e. The number of ether oxygens (including phenoxy) is 3. The molecule has 0 aromatic carbocycles. The molecular weight excluding hydrogens is 308 g/mol. The molecular formula is C14H24N2O7. The van der Waals surface area contributed by atoms with E-state index in [4.69, 9.17) is 14.2 Å². The van der Waals surface area contributed by atoms with Gasteiger partial charge in [0.2, 0.25) is 6.29 Å². The zero-order valence-corrected chi connectivity index (χ0v) is 13.3. The minimum atomic E-state index is -2.23. The third kappa shape index (κ3) is 2.52. The van der Waals surface area contributed by atoms with Gasteiger partial charge in [-0.05, 0) is 21.0 Å². The summed E-state index contributed by atoms with van der Waals surface area (Å²) in [5.41, 5.74) is 0. The van der Waals surface area contributed by atoms with Crippen LogP contribution in [0, 0.1) is 0 Å². The molecule has 132 valence electrons. The van der Waals surface area contributed by atoms with Crippen molar-refractivity contribution in [3.63, 3.8) is 0 Å². The third-order valence-electron chi connectivity index (χ3n) is 4.93. The molecule has 0 amide bonds. The molecule has 3 fully saturated rings. The van der Waals surface area contributed by atoms with Crippen molar-refractivity contribution in [3.05, 3.63) is 0 Å². The minimum Gasteiger partial charge on any atom is -0.390 e. The van der Waals surface area contributed by atoms with Crippen molar-refractivity contribution in [2.24, 2.45) is 0 Å². The van der Waals surface area contributed by atoms with Crippen LogP contribution in [0.2, 0.25) is 0 Å². The molecule has 3 rings (SSSR count). The molecule has 9 heteroatoms. The fourth-order valence-corrected chi connectivity index (χ4v) is 3.68. The number of hydrogen-bond acceptors (Lipinski definition) is 9. The molecule has 2 saturated heterocycles. The summed E-state index contributed by atoms with van der Waals surface area (Å²) >= 11 is 0. The quantitative estimate of drug-likeness (QED) is 0.361. The lowest BCUT2D eigenvalue weighted by atomic mass is 9.80. The molecule has 2 aliphatic heterocycles. The highest BCUT2D eigenvalue weighted by atomic mass is 16.8. The van der Waals surface area contributed by atoms with Crippen LogP contribution in [0.25, 0.3) is 0 Å². The molecule has 0 unspecified atom stereocenters. The molecule has 5 N–H and O–H groups in total. The van der Waals surface area contributed by atoms with Gasteiger partial charge in [0, 0.05) is 6.42 Å². The number of Topliss-reactive ketones (excluding diaryl/α,β-unsaturated/α-hetero) is 1. The van der Waals surface area contributed by atoms with E-state index in [0.29, 0.717) is 0 Å². The maximum absolute atomic E-state index is 12.2. The van der Waals surface area contributed by atoms with Crippen molar-refractivity contribution in [1.29, 1.82) is 0 Å². The Bertz CT molecular complexity index is 478. The Kier molecular flexibility index (Phi) is 4.49. The highest BCUT2D eigenvalue weighted by Gasteiger charge is 2.63. The molecule has 3 aliphatic rings. The van der Waals surface area contributed by atoms with Crippen LogP contribution in [-0.4, -0.2) is 89.9 Å². The molecule has 0 bridgehead atoms. The second-order valence-corrected chi connectivity index (χ2v) is 6.40. The van der Waals surface area contributed by atoms with Gasteiger partial charge < -0.3 is 40.2 Å². The number of ketones is 1. The van der Waals surface area contributed by atoms with Gasteiger partial charge >= 0.3 is 0 Å². The van der Waals surface area contributed by atoms with Crippen molar-refractivity contribution in [3.8, 4) is 0 Å². The second-order valence-electron chi connectivity index (χ2n) is 6.40. The summed E-state index contributed by atoms with van der Waals surface area (Å²) in [5.74, 6) is -2.76. The van der Waals surface area contributed by atoms with Crippen LogP contribution >= 0.6 is 0 Å². The van der Waals surface area contributed by atoms with Gasteiger partial charge in [-0.3, -0.25) is 4.79 Å². The van der Waals surface area contributed by atoms with Gasteiger partial charge in [0.15, 0.2) is 5.78 Å². The molecule has 0 spiro atoms. The van der Waals surface area contributed by atoms with E-state index in [9.17, 15) is 20.1 Å². The number of carbonyl (C=O) groups excluding carboxylic acids is 1. The monoisotopic (exact) mass is 332 g/mol. The molecule has 9 nitrogen and oxygen atoms in total. The Morgan fingerprint density at radius 1 is 1.09 bits per heavy atom. The summed E-state index contributed by atoms with van der Waals surface area (Å²) < 4.78 is 16.8. The molecule has 9 atom stereocenters. The number of aliphatic hydroxyl groups is 3. The molecule has 0 aromatic heterocycles. The van der Waals surface area contributed by atoms with Crippen LogP contribution in [0.15, 0.2) is 0 Å². The maximum atomic E-state index is 12.2. The van der Waals surface area contributed by atoms with E-state index >= 15 is 0 Å². The number of fused-ring (bicyclic) bond motifs is 2. The summed E-state index contributed by atoms with van der Waals surface area (Å²) in [6, 6.07) is -1.29. The second kappa shape index (κ2) is 6.01. The highest BCUT2D eigenvalue weighted by Crippen LogP contribution is 2.40. The van der Waals surface area contributed by atoms with E-state index < -0.39 is 60.5 Å². The zero-order valence-electron chi connectivity index (χ0n) is 13.3.